The highest BCUT2D eigenvalue weighted by Gasteiger charge is 2.17. The topological polar surface area (TPSA) is 69.4 Å². The molecule has 0 aliphatic heterocycles. The van der Waals surface area contributed by atoms with Gasteiger partial charge in [-0.3, -0.25) is 4.98 Å². The summed E-state index contributed by atoms with van der Waals surface area (Å²) in [6, 6.07) is 5.59. The highest BCUT2D eigenvalue weighted by Crippen LogP contribution is 2.27. The summed E-state index contributed by atoms with van der Waals surface area (Å²) in [5.74, 6) is -0.422. The molecule has 100 valence electrons. The Hall–Kier alpha value is -2.76. The van der Waals surface area contributed by atoms with E-state index in [4.69, 9.17) is 4.74 Å². The molecule has 0 unspecified atom stereocenters. The van der Waals surface area contributed by atoms with Gasteiger partial charge in [-0.1, -0.05) is 0 Å². The van der Waals surface area contributed by atoms with Crippen molar-refractivity contribution in [1.29, 1.82) is 0 Å². The highest BCUT2D eigenvalue weighted by molar-refractivity contribution is 5.98. The van der Waals surface area contributed by atoms with Crippen LogP contribution in [0.3, 0.4) is 0 Å². The third-order valence-electron chi connectivity index (χ3n) is 3.04. The van der Waals surface area contributed by atoms with Crippen molar-refractivity contribution >= 4 is 11.6 Å². The fourth-order valence-corrected chi connectivity index (χ4v) is 2.11. The number of methoxy groups -OCH3 is 1. The van der Waals surface area contributed by atoms with E-state index >= 15 is 0 Å². The number of carbonyl (C=O) groups is 1. The fourth-order valence-electron chi connectivity index (χ4n) is 2.11. The smallest absolute Gasteiger partial charge is 0.340 e. The summed E-state index contributed by atoms with van der Waals surface area (Å²) in [6.45, 7) is 1.87. The van der Waals surface area contributed by atoms with Gasteiger partial charge < -0.3 is 4.74 Å². The molecule has 0 fully saturated rings. The van der Waals surface area contributed by atoms with E-state index in [1.54, 1.807) is 10.7 Å². The van der Waals surface area contributed by atoms with Crippen LogP contribution in [0.4, 0.5) is 0 Å². The number of aromatic nitrogens is 4. The van der Waals surface area contributed by atoms with Crippen LogP contribution >= 0.6 is 0 Å². The summed E-state index contributed by atoms with van der Waals surface area (Å²) in [5.41, 5.74) is 3.46. The summed E-state index contributed by atoms with van der Waals surface area (Å²) < 4.78 is 6.47. The molecule has 0 amide bonds. The second-order valence-electron chi connectivity index (χ2n) is 4.31. The molecule has 20 heavy (non-hydrogen) atoms. The van der Waals surface area contributed by atoms with Crippen molar-refractivity contribution in [3.05, 3.63) is 48.2 Å². The molecule has 0 spiro atoms. The number of pyridine rings is 2. The van der Waals surface area contributed by atoms with Crippen molar-refractivity contribution in [3.63, 3.8) is 0 Å². The Labute approximate surface area is 115 Å². The van der Waals surface area contributed by atoms with E-state index in [0.717, 1.165) is 16.8 Å². The number of rotatable bonds is 2. The van der Waals surface area contributed by atoms with Gasteiger partial charge in [-0.15, -0.1) is 0 Å². The molecule has 0 N–H and O–H groups in total. The lowest BCUT2D eigenvalue weighted by Crippen LogP contribution is -2.05. The number of nitrogens with zero attached hydrogens (tertiary/aromatic N) is 4. The lowest BCUT2D eigenvalue weighted by atomic mass is 10.0. The highest BCUT2D eigenvalue weighted by atomic mass is 16.5. The normalized spacial score (nSPS) is 10.7. The van der Waals surface area contributed by atoms with E-state index in [9.17, 15) is 4.79 Å². The van der Waals surface area contributed by atoms with Crippen molar-refractivity contribution in [1.82, 2.24) is 19.6 Å². The average molecular weight is 268 g/mol. The van der Waals surface area contributed by atoms with E-state index < -0.39 is 5.97 Å². The van der Waals surface area contributed by atoms with Crippen molar-refractivity contribution < 1.29 is 9.53 Å². The molecule has 0 aromatic carbocycles. The Morgan fingerprint density at radius 2 is 2.15 bits per heavy atom. The molecule has 6 nitrogen and oxygen atoms in total. The van der Waals surface area contributed by atoms with Crippen molar-refractivity contribution in [2.75, 3.05) is 7.11 Å². The molecule has 0 saturated heterocycles. The number of hydrogen-bond acceptors (Lipinski definition) is 5. The number of esters is 1. The SMILES string of the molecule is COC(=O)c1cnc(C)cc1-c1cccn2ncnc12. The van der Waals surface area contributed by atoms with Crippen LogP contribution in [0.15, 0.2) is 36.9 Å². The second kappa shape index (κ2) is 4.73. The third-order valence-corrected chi connectivity index (χ3v) is 3.04. The first-order chi connectivity index (χ1) is 9.70. The maximum Gasteiger partial charge on any atom is 0.340 e. The van der Waals surface area contributed by atoms with Gasteiger partial charge in [0.15, 0.2) is 5.65 Å². The van der Waals surface area contributed by atoms with E-state index in [2.05, 4.69) is 15.1 Å². The van der Waals surface area contributed by atoms with E-state index in [1.807, 2.05) is 25.1 Å². The van der Waals surface area contributed by atoms with Gasteiger partial charge in [0, 0.05) is 29.2 Å². The lowest BCUT2D eigenvalue weighted by molar-refractivity contribution is 0.0601. The standard InChI is InChI=1S/C14H12N4O2/c1-9-6-11(12(7-15-9)14(19)20-2)10-4-3-5-18-13(10)16-8-17-18/h3-8H,1-2H3. The van der Waals surface area contributed by atoms with Gasteiger partial charge in [-0.2, -0.15) is 5.10 Å². The summed E-state index contributed by atoms with van der Waals surface area (Å²) in [5, 5.41) is 4.10. The number of hydrogen-bond donors (Lipinski definition) is 0. The molecule has 3 aromatic rings. The lowest BCUT2D eigenvalue weighted by Gasteiger charge is -2.09. The molecular weight excluding hydrogens is 256 g/mol. The molecule has 3 aromatic heterocycles. The number of ether oxygens (including phenoxy) is 1. The van der Waals surface area contributed by atoms with Crippen LogP contribution in [0.25, 0.3) is 16.8 Å². The molecule has 0 aliphatic carbocycles. The summed E-state index contributed by atoms with van der Waals surface area (Å²) >= 11 is 0. The van der Waals surface area contributed by atoms with Crippen LogP contribution in [0.1, 0.15) is 16.1 Å². The maximum absolute atomic E-state index is 11.9. The number of carbonyl (C=O) groups excluding carboxylic acids is 1. The first-order valence-electron chi connectivity index (χ1n) is 6.04. The molecule has 6 heteroatoms. The quantitative estimate of drug-likeness (QED) is 0.664. The van der Waals surface area contributed by atoms with Gasteiger partial charge in [0.05, 0.1) is 12.7 Å². The largest absolute Gasteiger partial charge is 0.465 e. The minimum Gasteiger partial charge on any atom is -0.465 e. The molecule has 0 radical (unpaired) electrons. The van der Waals surface area contributed by atoms with Crippen LogP contribution in [-0.4, -0.2) is 32.7 Å². The van der Waals surface area contributed by atoms with Crippen molar-refractivity contribution in [3.8, 4) is 11.1 Å². The van der Waals surface area contributed by atoms with E-state index in [1.165, 1.54) is 19.6 Å². The molecule has 3 heterocycles. The Bertz CT molecular complexity index is 795. The van der Waals surface area contributed by atoms with E-state index in [-0.39, 0.29) is 0 Å². The van der Waals surface area contributed by atoms with Gasteiger partial charge in [-0.05, 0) is 25.1 Å². The number of aryl methyl sites for hydroxylation is 1. The Morgan fingerprint density at radius 1 is 1.30 bits per heavy atom. The van der Waals surface area contributed by atoms with Gasteiger partial charge in [0.1, 0.15) is 6.33 Å². The van der Waals surface area contributed by atoms with Crippen LogP contribution in [0, 0.1) is 6.92 Å². The molecule has 0 atom stereocenters. The zero-order valence-electron chi connectivity index (χ0n) is 11.1. The molecule has 0 bridgehead atoms. The fraction of sp³-hybridized carbons (Fsp3) is 0.143. The number of fused-ring (bicyclic) bond motifs is 1. The van der Waals surface area contributed by atoms with Crippen LogP contribution < -0.4 is 0 Å². The van der Waals surface area contributed by atoms with Crippen molar-refractivity contribution in [2.24, 2.45) is 0 Å². The summed E-state index contributed by atoms with van der Waals surface area (Å²) in [6.07, 6.45) is 4.80. The average Bonchev–Trinajstić information content (AvgIpc) is 2.94. The predicted octanol–water partition coefficient (Wildman–Crippen LogP) is 1.89. The van der Waals surface area contributed by atoms with Gasteiger partial charge in [0.2, 0.25) is 0 Å². The minimum absolute atomic E-state index is 0.411. The maximum atomic E-state index is 11.9. The Morgan fingerprint density at radius 3 is 2.95 bits per heavy atom. The van der Waals surface area contributed by atoms with E-state index in [0.29, 0.717) is 11.2 Å². The summed E-state index contributed by atoms with van der Waals surface area (Å²) in [4.78, 5) is 20.3. The zero-order chi connectivity index (χ0) is 14.1. The molecule has 0 saturated carbocycles. The van der Waals surface area contributed by atoms with Crippen LogP contribution in [-0.2, 0) is 4.74 Å². The summed E-state index contributed by atoms with van der Waals surface area (Å²) in [7, 11) is 1.35. The van der Waals surface area contributed by atoms with Gasteiger partial charge in [0.25, 0.3) is 0 Å². The first-order valence-corrected chi connectivity index (χ1v) is 6.04. The van der Waals surface area contributed by atoms with Gasteiger partial charge >= 0.3 is 5.97 Å². The van der Waals surface area contributed by atoms with Crippen LogP contribution in [0.2, 0.25) is 0 Å². The first kappa shape index (κ1) is 12.3. The zero-order valence-corrected chi connectivity index (χ0v) is 11.1. The predicted molar refractivity (Wildman–Crippen MR) is 72.3 cm³/mol. The molecule has 3 rings (SSSR count). The Kier molecular flexibility index (Phi) is 2.90. The van der Waals surface area contributed by atoms with Crippen molar-refractivity contribution in [2.45, 2.75) is 6.92 Å². The van der Waals surface area contributed by atoms with Crippen LogP contribution in [0.5, 0.6) is 0 Å². The van der Waals surface area contributed by atoms with Gasteiger partial charge in [-0.25, -0.2) is 14.3 Å². The Balaban J connectivity index is 2.30. The molecule has 0 aliphatic rings. The minimum atomic E-state index is -0.422. The monoisotopic (exact) mass is 268 g/mol. The molecular formula is C14H12N4O2. The second-order valence-corrected chi connectivity index (χ2v) is 4.31. The third kappa shape index (κ3) is 1.91.